The summed E-state index contributed by atoms with van der Waals surface area (Å²) in [4.78, 5) is 25.0. The summed E-state index contributed by atoms with van der Waals surface area (Å²) < 4.78 is 11.3. The van der Waals surface area contributed by atoms with Crippen LogP contribution in [0.3, 0.4) is 0 Å². The molecule has 7 heteroatoms. The van der Waals surface area contributed by atoms with Crippen molar-refractivity contribution in [1.82, 2.24) is 0 Å². The number of fused-ring (bicyclic) bond motifs is 2. The van der Waals surface area contributed by atoms with E-state index in [-0.39, 0.29) is 46.7 Å². The Kier molecular flexibility index (Phi) is 6.07. The van der Waals surface area contributed by atoms with Crippen LogP contribution in [0.15, 0.2) is 18.2 Å². The number of benzene rings is 1. The molecule has 0 aliphatic carbocycles. The number of hydrogen-bond acceptors (Lipinski definition) is 6. The molecular weight excluding hydrogens is 372 g/mol. The van der Waals surface area contributed by atoms with Crippen molar-refractivity contribution in [2.45, 2.75) is 63.8 Å². The minimum atomic E-state index is -0.756. The van der Waals surface area contributed by atoms with Crippen molar-refractivity contribution in [2.24, 2.45) is 0 Å². The number of halogens is 1. The number of carbonyl (C=O) groups excluding carboxylic acids is 2. The topological polar surface area (TPSA) is 96.4 Å². The first-order valence-corrected chi connectivity index (χ1v) is 9.57. The van der Waals surface area contributed by atoms with E-state index in [1.807, 2.05) is 6.92 Å². The maximum Gasteiger partial charge on any atom is 0.342 e. The monoisotopic (exact) mass is 394 g/mol. The molecule has 0 spiro atoms. The largest absolute Gasteiger partial charge is 0.507 e. The van der Waals surface area contributed by atoms with Gasteiger partial charge in [0, 0.05) is 24.5 Å². The van der Waals surface area contributed by atoms with Crippen molar-refractivity contribution in [2.75, 3.05) is 0 Å². The SMILES string of the molecule is CCC[C@@H]1CC2OC2CC/C=C/C(=O)Cc2c(Cl)c(O)cc(O)c2C(=O)O1. The van der Waals surface area contributed by atoms with E-state index in [9.17, 15) is 19.8 Å². The van der Waals surface area contributed by atoms with Crippen molar-refractivity contribution in [3.05, 3.63) is 34.4 Å². The van der Waals surface area contributed by atoms with Gasteiger partial charge in [0.1, 0.15) is 23.2 Å². The molecule has 2 N–H and O–H groups in total. The third-order valence-electron chi connectivity index (χ3n) is 4.87. The Morgan fingerprint density at radius 3 is 2.74 bits per heavy atom. The molecule has 0 aromatic heterocycles. The molecule has 27 heavy (non-hydrogen) atoms. The standard InChI is InChI=1S/C20H23ClO6/c1-2-5-12-9-17-16(27-17)7-4-3-6-11(22)8-13-18(20(25)26-12)14(23)10-15(24)19(13)21/h3,6,10,12,16-17,23-24H,2,4-5,7-9H2,1H3/b6-3+/t12-,16?,17?/m1/s1. The number of hydrogen-bond donors (Lipinski definition) is 2. The smallest absolute Gasteiger partial charge is 0.342 e. The van der Waals surface area contributed by atoms with Gasteiger partial charge in [-0.05, 0) is 25.3 Å². The molecule has 2 aliphatic heterocycles. The molecule has 0 amide bonds. The predicted octanol–water partition coefficient (Wildman–Crippen LogP) is 3.70. The molecule has 1 fully saturated rings. The Labute approximate surface area is 162 Å². The average molecular weight is 395 g/mol. The highest BCUT2D eigenvalue weighted by Gasteiger charge is 2.40. The molecule has 2 unspecified atom stereocenters. The van der Waals surface area contributed by atoms with Crippen LogP contribution in [0.4, 0.5) is 0 Å². The maximum atomic E-state index is 12.8. The van der Waals surface area contributed by atoms with Crippen LogP contribution in [0.25, 0.3) is 0 Å². The van der Waals surface area contributed by atoms with E-state index in [0.29, 0.717) is 19.3 Å². The molecule has 0 bridgehead atoms. The van der Waals surface area contributed by atoms with Gasteiger partial charge in [0.05, 0.1) is 17.2 Å². The molecule has 0 saturated carbocycles. The summed E-state index contributed by atoms with van der Waals surface area (Å²) >= 11 is 6.13. The van der Waals surface area contributed by atoms with Gasteiger partial charge < -0.3 is 19.7 Å². The number of rotatable bonds is 2. The molecule has 1 aromatic carbocycles. The molecule has 3 rings (SSSR count). The molecule has 3 atom stereocenters. The number of ether oxygens (including phenoxy) is 2. The first-order valence-electron chi connectivity index (χ1n) is 9.19. The highest BCUT2D eigenvalue weighted by atomic mass is 35.5. The van der Waals surface area contributed by atoms with E-state index >= 15 is 0 Å². The number of epoxide rings is 1. The minimum Gasteiger partial charge on any atom is -0.507 e. The second-order valence-corrected chi connectivity index (χ2v) is 7.35. The normalized spacial score (nSPS) is 27.1. The first-order chi connectivity index (χ1) is 12.9. The van der Waals surface area contributed by atoms with Crippen molar-refractivity contribution in [3.8, 4) is 11.5 Å². The van der Waals surface area contributed by atoms with Gasteiger partial charge in [0.25, 0.3) is 0 Å². The Balaban J connectivity index is 1.98. The molecule has 146 valence electrons. The van der Waals surface area contributed by atoms with Gasteiger partial charge in [-0.25, -0.2) is 4.79 Å². The molecule has 6 nitrogen and oxygen atoms in total. The summed E-state index contributed by atoms with van der Waals surface area (Å²) in [6, 6.07) is 0.987. The fourth-order valence-corrected chi connectivity index (χ4v) is 3.66. The van der Waals surface area contributed by atoms with E-state index in [0.717, 1.165) is 18.9 Å². The highest BCUT2D eigenvalue weighted by molar-refractivity contribution is 6.33. The zero-order valence-corrected chi connectivity index (χ0v) is 15.9. The maximum absolute atomic E-state index is 12.8. The van der Waals surface area contributed by atoms with E-state index in [1.54, 1.807) is 6.08 Å². The Bertz CT molecular complexity index is 772. The van der Waals surface area contributed by atoms with E-state index < -0.39 is 17.5 Å². The quantitative estimate of drug-likeness (QED) is 0.586. The van der Waals surface area contributed by atoms with Gasteiger partial charge in [0.2, 0.25) is 0 Å². The van der Waals surface area contributed by atoms with Crippen LogP contribution < -0.4 is 0 Å². The van der Waals surface area contributed by atoms with Gasteiger partial charge in [-0.1, -0.05) is 31.0 Å². The first kappa shape index (κ1) is 19.7. The number of esters is 1. The van der Waals surface area contributed by atoms with Crippen molar-refractivity contribution in [3.63, 3.8) is 0 Å². The number of allylic oxidation sites excluding steroid dienone is 2. The Morgan fingerprint density at radius 1 is 1.22 bits per heavy atom. The van der Waals surface area contributed by atoms with Crippen LogP contribution >= 0.6 is 11.6 Å². The predicted molar refractivity (Wildman–Crippen MR) is 99.3 cm³/mol. The second kappa shape index (κ2) is 8.31. The van der Waals surface area contributed by atoms with Gasteiger partial charge in [-0.15, -0.1) is 0 Å². The van der Waals surface area contributed by atoms with Gasteiger partial charge >= 0.3 is 5.97 Å². The van der Waals surface area contributed by atoms with E-state index in [2.05, 4.69) is 0 Å². The lowest BCUT2D eigenvalue weighted by Crippen LogP contribution is -2.22. The summed E-state index contributed by atoms with van der Waals surface area (Å²) in [5, 5.41) is 20.0. The van der Waals surface area contributed by atoms with Crippen LogP contribution in [0.1, 0.15) is 54.9 Å². The van der Waals surface area contributed by atoms with Gasteiger partial charge in [0.15, 0.2) is 5.78 Å². The third kappa shape index (κ3) is 4.62. The molecule has 2 aliphatic rings. The lowest BCUT2D eigenvalue weighted by molar-refractivity contribution is -0.114. The van der Waals surface area contributed by atoms with Crippen LogP contribution in [0, 0.1) is 0 Å². The average Bonchev–Trinajstić information content (AvgIpc) is 3.33. The van der Waals surface area contributed by atoms with Crippen LogP contribution in [-0.2, 0) is 20.7 Å². The van der Waals surface area contributed by atoms with Gasteiger partial charge in [-0.3, -0.25) is 4.79 Å². The lowest BCUT2D eigenvalue weighted by atomic mass is 9.99. The van der Waals surface area contributed by atoms with Crippen molar-refractivity contribution in [1.29, 1.82) is 0 Å². The highest BCUT2D eigenvalue weighted by Crippen LogP contribution is 2.38. The second-order valence-electron chi connectivity index (χ2n) is 6.97. The Hall–Kier alpha value is -2.05. The van der Waals surface area contributed by atoms with Crippen molar-refractivity contribution >= 4 is 23.4 Å². The number of phenols is 2. The number of aromatic hydroxyl groups is 2. The summed E-state index contributed by atoms with van der Waals surface area (Å²) in [5.41, 5.74) is -0.104. The molecule has 0 radical (unpaired) electrons. The molecule has 1 saturated heterocycles. The van der Waals surface area contributed by atoms with E-state index in [1.165, 1.54) is 6.08 Å². The molecular formula is C20H23ClO6. The molecule has 2 heterocycles. The summed E-state index contributed by atoms with van der Waals surface area (Å²) in [5.74, 6) is -1.89. The Morgan fingerprint density at radius 2 is 2.00 bits per heavy atom. The van der Waals surface area contributed by atoms with Crippen LogP contribution in [0.2, 0.25) is 5.02 Å². The number of ketones is 1. The fraction of sp³-hybridized carbons (Fsp3) is 0.500. The lowest BCUT2D eigenvalue weighted by Gasteiger charge is -2.19. The summed E-state index contributed by atoms with van der Waals surface area (Å²) in [6.45, 7) is 1.99. The van der Waals surface area contributed by atoms with Crippen LogP contribution in [-0.4, -0.2) is 40.3 Å². The minimum absolute atomic E-state index is 0.0397. The summed E-state index contributed by atoms with van der Waals surface area (Å²) in [6.07, 6.45) is 6.38. The van der Waals surface area contributed by atoms with Gasteiger partial charge in [-0.2, -0.15) is 0 Å². The van der Waals surface area contributed by atoms with Crippen molar-refractivity contribution < 1.29 is 29.3 Å². The number of cyclic esters (lactones) is 1. The zero-order chi connectivity index (χ0) is 19.6. The zero-order valence-electron chi connectivity index (χ0n) is 15.1. The summed E-state index contributed by atoms with van der Waals surface area (Å²) in [7, 11) is 0. The number of phenolic OH excluding ortho intramolecular Hbond substituents is 2. The number of carbonyl (C=O) groups is 2. The molecule has 1 aromatic rings. The van der Waals surface area contributed by atoms with Crippen LogP contribution in [0.5, 0.6) is 11.5 Å². The third-order valence-corrected chi connectivity index (χ3v) is 5.29. The fourth-order valence-electron chi connectivity index (χ4n) is 3.44. The van der Waals surface area contributed by atoms with E-state index in [4.69, 9.17) is 21.1 Å².